The Kier molecular flexibility index (Phi) is 6.79. The molecule has 0 saturated carbocycles. The fourth-order valence-electron chi connectivity index (χ4n) is 2.43. The molecule has 0 spiro atoms. The second-order valence-electron chi connectivity index (χ2n) is 5.54. The average molecular weight is 391 g/mol. The maximum absolute atomic E-state index is 12.4. The molecule has 2 rings (SSSR count). The molecule has 7 nitrogen and oxygen atoms in total. The van der Waals surface area contributed by atoms with Gasteiger partial charge in [-0.15, -0.1) is 0 Å². The van der Waals surface area contributed by atoms with Gasteiger partial charge in [-0.05, 0) is 36.4 Å². The van der Waals surface area contributed by atoms with Crippen molar-refractivity contribution in [3.05, 3.63) is 53.1 Å². The van der Waals surface area contributed by atoms with Gasteiger partial charge in [0.05, 0.1) is 25.5 Å². The quantitative estimate of drug-likeness (QED) is 0.766. The summed E-state index contributed by atoms with van der Waals surface area (Å²) >= 11 is 6.01. The van der Waals surface area contributed by atoms with Gasteiger partial charge in [0.2, 0.25) is 11.8 Å². The van der Waals surface area contributed by atoms with Crippen molar-refractivity contribution >= 4 is 40.8 Å². The van der Waals surface area contributed by atoms with Gasteiger partial charge in [-0.1, -0.05) is 17.7 Å². The summed E-state index contributed by atoms with van der Waals surface area (Å²) < 4.78 is 9.91. The first-order chi connectivity index (χ1) is 12.8. The van der Waals surface area contributed by atoms with Crippen molar-refractivity contribution in [2.75, 3.05) is 31.0 Å². The van der Waals surface area contributed by atoms with Gasteiger partial charge in [0.25, 0.3) is 0 Å². The Labute approximate surface area is 161 Å². The number of benzene rings is 2. The van der Waals surface area contributed by atoms with E-state index in [4.69, 9.17) is 16.3 Å². The molecule has 0 aliphatic heterocycles. The van der Waals surface area contributed by atoms with Crippen LogP contribution in [-0.2, 0) is 14.3 Å². The lowest BCUT2D eigenvalue weighted by Crippen LogP contribution is -2.37. The third kappa shape index (κ3) is 5.21. The van der Waals surface area contributed by atoms with Crippen LogP contribution in [0, 0.1) is 0 Å². The Morgan fingerprint density at radius 1 is 1.11 bits per heavy atom. The van der Waals surface area contributed by atoms with Gasteiger partial charge in [-0.3, -0.25) is 14.5 Å². The molecule has 0 atom stereocenters. The smallest absolute Gasteiger partial charge is 0.337 e. The van der Waals surface area contributed by atoms with E-state index in [2.05, 4.69) is 10.1 Å². The number of carbonyl (C=O) groups is 3. The molecule has 0 saturated heterocycles. The number of rotatable bonds is 6. The van der Waals surface area contributed by atoms with E-state index in [1.165, 1.54) is 32.1 Å². The zero-order chi connectivity index (χ0) is 20.0. The summed E-state index contributed by atoms with van der Waals surface area (Å²) in [5, 5.41) is 3.06. The monoisotopic (exact) mass is 390 g/mol. The van der Waals surface area contributed by atoms with E-state index >= 15 is 0 Å². The van der Waals surface area contributed by atoms with Gasteiger partial charge in [0.1, 0.15) is 12.3 Å². The van der Waals surface area contributed by atoms with Crippen LogP contribution in [0.4, 0.5) is 11.4 Å². The molecule has 0 aliphatic carbocycles. The first-order valence-electron chi connectivity index (χ1n) is 7.95. The number of nitrogens with zero attached hydrogens (tertiary/aromatic N) is 1. The molecule has 27 heavy (non-hydrogen) atoms. The highest BCUT2D eigenvalue weighted by molar-refractivity contribution is 6.31. The Morgan fingerprint density at radius 3 is 2.48 bits per heavy atom. The minimum Gasteiger partial charge on any atom is -0.495 e. The molecule has 0 unspecified atom stereocenters. The second-order valence-corrected chi connectivity index (χ2v) is 5.98. The maximum Gasteiger partial charge on any atom is 0.337 e. The number of hydrogen-bond acceptors (Lipinski definition) is 5. The molecule has 0 fully saturated rings. The molecule has 142 valence electrons. The molecule has 0 heterocycles. The number of hydrogen-bond donors (Lipinski definition) is 1. The van der Waals surface area contributed by atoms with Gasteiger partial charge >= 0.3 is 5.97 Å². The average Bonchev–Trinajstić information content (AvgIpc) is 2.65. The minimum atomic E-state index is -0.514. The lowest BCUT2D eigenvalue weighted by atomic mass is 10.2. The van der Waals surface area contributed by atoms with Crippen LogP contribution in [0.3, 0.4) is 0 Å². The van der Waals surface area contributed by atoms with E-state index in [0.29, 0.717) is 27.7 Å². The Morgan fingerprint density at radius 2 is 1.85 bits per heavy atom. The number of esters is 1. The molecule has 2 aromatic carbocycles. The highest BCUT2D eigenvalue weighted by Crippen LogP contribution is 2.31. The predicted octanol–water partition coefficient (Wildman–Crippen LogP) is 3.13. The van der Waals surface area contributed by atoms with Gasteiger partial charge < -0.3 is 14.8 Å². The number of amides is 2. The first-order valence-corrected chi connectivity index (χ1v) is 8.33. The zero-order valence-corrected chi connectivity index (χ0v) is 15.9. The molecular formula is C19H19ClN2O5. The highest BCUT2D eigenvalue weighted by Gasteiger charge is 2.20. The zero-order valence-electron chi connectivity index (χ0n) is 15.1. The Bertz CT molecular complexity index is 869. The van der Waals surface area contributed by atoms with E-state index in [9.17, 15) is 14.4 Å². The van der Waals surface area contributed by atoms with Crippen molar-refractivity contribution < 1.29 is 23.9 Å². The lowest BCUT2D eigenvalue weighted by molar-refractivity contribution is -0.120. The van der Waals surface area contributed by atoms with Crippen molar-refractivity contribution in [1.82, 2.24) is 0 Å². The van der Waals surface area contributed by atoms with E-state index in [0.717, 1.165) is 0 Å². The molecule has 1 N–H and O–H groups in total. The van der Waals surface area contributed by atoms with Crippen LogP contribution in [0.25, 0.3) is 0 Å². The fraction of sp³-hybridized carbons (Fsp3) is 0.211. The third-order valence-electron chi connectivity index (χ3n) is 3.68. The normalized spacial score (nSPS) is 10.1. The SMILES string of the molecule is COC(=O)c1cccc(NC(=O)CN(C(C)=O)c2cc(Cl)ccc2OC)c1. The molecule has 0 aromatic heterocycles. The van der Waals surface area contributed by atoms with Crippen molar-refractivity contribution in [3.63, 3.8) is 0 Å². The Hall–Kier alpha value is -3.06. The molecule has 0 bridgehead atoms. The molecule has 0 aliphatic rings. The van der Waals surface area contributed by atoms with Crippen molar-refractivity contribution in [1.29, 1.82) is 0 Å². The Balaban J connectivity index is 2.20. The lowest BCUT2D eigenvalue weighted by Gasteiger charge is -2.23. The van der Waals surface area contributed by atoms with Crippen LogP contribution in [0.15, 0.2) is 42.5 Å². The molecule has 2 amide bonds. The van der Waals surface area contributed by atoms with Crippen LogP contribution in [0.5, 0.6) is 5.75 Å². The van der Waals surface area contributed by atoms with Crippen molar-refractivity contribution in [2.24, 2.45) is 0 Å². The molecule has 2 aromatic rings. The van der Waals surface area contributed by atoms with Crippen LogP contribution < -0.4 is 15.0 Å². The highest BCUT2D eigenvalue weighted by atomic mass is 35.5. The third-order valence-corrected chi connectivity index (χ3v) is 3.92. The number of methoxy groups -OCH3 is 2. The van der Waals surface area contributed by atoms with E-state index in [1.807, 2.05) is 0 Å². The van der Waals surface area contributed by atoms with Crippen LogP contribution in [0.2, 0.25) is 5.02 Å². The molecule has 0 radical (unpaired) electrons. The summed E-state index contributed by atoms with van der Waals surface area (Å²) in [5.74, 6) is -0.904. The summed E-state index contributed by atoms with van der Waals surface area (Å²) in [5.41, 5.74) is 1.09. The minimum absolute atomic E-state index is 0.255. The summed E-state index contributed by atoms with van der Waals surface area (Å²) in [6.45, 7) is 1.08. The topological polar surface area (TPSA) is 84.9 Å². The van der Waals surface area contributed by atoms with Crippen LogP contribution in [-0.4, -0.2) is 38.5 Å². The number of halogens is 1. The summed E-state index contributed by atoms with van der Waals surface area (Å²) in [6, 6.07) is 11.1. The summed E-state index contributed by atoms with van der Waals surface area (Å²) in [6.07, 6.45) is 0. The molecule has 8 heteroatoms. The van der Waals surface area contributed by atoms with E-state index in [-0.39, 0.29) is 12.5 Å². The van der Waals surface area contributed by atoms with Crippen LogP contribution >= 0.6 is 11.6 Å². The van der Waals surface area contributed by atoms with Gasteiger partial charge in [0, 0.05) is 17.6 Å². The standard InChI is InChI=1S/C19H19ClN2O5/c1-12(23)22(16-10-14(20)7-8-17(16)26-2)11-18(24)21-15-6-4-5-13(9-15)19(25)27-3/h4-10H,11H2,1-3H3,(H,21,24). The number of carbonyl (C=O) groups excluding carboxylic acids is 3. The van der Waals surface area contributed by atoms with Gasteiger partial charge in [-0.25, -0.2) is 4.79 Å². The second kappa shape index (κ2) is 9.05. The van der Waals surface area contributed by atoms with Gasteiger partial charge in [-0.2, -0.15) is 0 Å². The largest absolute Gasteiger partial charge is 0.495 e. The number of anilines is 2. The summed E-state index contributed by atoms with van der Waals surface area (Å²) in [4.78, 5) is 37.4. The first kappa shape index (κ1) is 20.3. The fourth-order valence-corrected chi connectivity index (χ4v) is 2.59. The van der Waals surface area contributed by atoms with Crippen LogP contribution in [0.1, 0.15) is 17.3 Å². The number of nitrogens with one attached hydrogen (secondary N) is 1. The number of ether oxygens (including phenoxy) is 2. The van der Waals surface area contributed by atoms with Crippen molar-refractivity contribution in [3.8, 4) is 5.75 Å². The summed E-state index contributed by atoms with van der Waals surface area (Å²) in [7, 11) is 2.74. The van der Waals surface area contributed by atoms with E-state index < -0.39 is 11.9 Å². The predicted molar refractivity (Wildman–Crippen MR) is 102 cm³/mol. The van der Waals surface area contributed by atoms with Crippen molar-refractivity contribution in [2.45, 2.75) is 6.92 Å². The molecular weight excluding hydrogens is 372 g/mol. The van der Waals surface area contributed by atoms with E-state index in [1.54, 1.807) is 36.4 Å². The van der Waals surface area contributed by atoms with Gasteiger partial charge in [0.15, 0.2) is 0 Å². The maximum atomic E-state index is 12.4.